The molecule has 146 valence electrons. The van der Waals surface area contributed by atoms with Crippen LogP contribution in [0.2, 0.25) is 0 Å². The van der Waals surface area contributed by atoms with E-state index in [0.29, 0.717) is 5.56 Å². The lowest BCUT2D eigenvalue weighted by Gasteiger charge is -2.14. The molecule has 8 nitrogen and oxygen atoms in total. The maximum absolute atomic E-state index is 12.5. The Hall–Kier alpha value is -3.55. The van der Waals surface area contributed by atoms with Gasteiger partial charge in [-0.3, -0.25) is 24.5 Å². The molecule has 0 saturated heterocycles. The minimum atomic E-state index is -1.01. The third-order valence-corrected chi connectivity index (χ3v) is 4.05. The van der Waals surface area contributed by atoms with Gasteiger partial charge in [0.05, 0.1) is 4.92 Å². The summed E-state index contributed by atoms with van der Waals surface area (Å²) in [5.41, 5.74) is 1.97. The number of nitro benzene ring substituents is 1. The van der Waals surface area contributed by atoms with Crippen LogP contribution in [0.5, 0.6) is 0 Å². The predicted octanol–water partition coefficient (Wildman–Crippen LogP) is 2.76. The van der Waals surface area contributed by atoms with E-state index in [0.717, 1.165) is 17.2 Å². The highest BCUT2D eigenvalue weighted by Crippen LogP contribution is 2.15. The summed E-state index contributed by atoms with van der Waals surface area (Å²) >= 11 is 0. The van der Waals surface area contributed by atoms with Crippen molar-refractivity contribution in [1.82, 2.24) is 5.32 Å². The monoisotopic (exact) mass is 384 g/mol. The van der Waals surface area contributed by atoms with E-state index in [1.807, 2.05) is 19.1 Å². The zero-order chi connectivity index (χ0) is 20.8. The number of non-ortho nitro benzene ring substituents is 1. The summed E-state index contributed by atoms with van der Waals surface area (Å²) in [6, 6.07) is 10.5. The molecule has 28 heavy (non-hydrogen) atoms. The molecule has 0 aliphatic carbocycles. The van der Waals surface area contributed by atoms with E-state index in [9.17, 15) is 24.5 Å². The van der Waals surface area contributed by atoms with Gasteiger partial charge in [0, 0.05) is 23.3 Å². The molecule has 0 aromatic heterocycles. The van der Waals surface area contributed by atoms with E-state index in [1.165, 1.54) is 25.1 Å². The Morgan fingerprint density at radius 3 is 2.54 bits per heavy atom. The minimum Gasteiger partial charge on any atom is -0.453 e. The van der Waals surface area contributed by atoms with Crippen molar-refractivity contribution < 1.29 is 24.0 Å². The number of ketones is 1. The number of rotatable bonds is 7. The second-order valence-corrected chi connectivity index (χ2v) is 6.30. The molecule has 2 aromatic rings. The summed E-state index contributed by atoms with van der Waals surface area (Å²) in [5.74, 6) is -1.78. The maximum Gasteiger partial charge on any atom is 0.326 e. The van der Waals surface area contributed by atoms with Gasteiger partial charge in [-0.25, -0.2) is 0 Å². The number of Topliss-reactive ketones (excluding diaryl/α,β-unsaturated/α-hetero) is 1. The molecule has 1 N–H and O–H groups in total. The molecule has 0 bridgehead atoms. The maximum atomic E-state index is 12.5. The van der Waals surface area contributed by atoms with E-state index in [-0.39, 0.29) is 17.0 Å². The highest BCUT2D eigenvalue weighted by atomic mass is 16.6. The predicted molar refractivity (Wildman–Crippen MR) is 101 cm³/mol. The van der Waals surface area contributed by atoms with Gasteiger partial charge in [-0.15, -0.1) is 0 Å². The number of hydrogen-bond acceptors (Lipinski definition) is 6. The van der Waals surface area contributed by atoms with Crippen LogP contribution in [0.4, 0.5) is 5.69 Å². The highest BCUT2D eigenvalue weighted by Gasteiger charge is 2.21. The largest absolute Gasteiger partial charge is 0.453 e. The first-order valence-corrected chi connectivity index (χ1v) is 8.52. The van der Waals surface area contributed by atoms with Crippen LogP contribution in [-0.4, -0.2) is 35.2 Å². The summed E-state index contributed by atoms with van der Waals surface area (Å²) in [5, 5.41) is 13.1. The molecule has 2 rings (SSSR count). The average Bonchev–Trinajstić information content (AvgIpc) is 2.67. The Morgan fingerprint density at radius 2 is 1.86 bits per heavy atom. The lowest BCUT2D eigenvalue weighted by Crippen LogP contribution is -2.34. The SMILES string of the molecule is Cc1ccc(C)c(C(=O)[C@H](C)OC(=O)CNC(=O)c2cccc([N+](=O)[O-])c2)c1. The summed E-state index contributed by atoms with van der Waals surface area (Å²) in [7, 11) is 0. The van der Waals surface area contributed by atoms with Crippen LogP contribution in [0.15, 0.2) is 42.5 Å². The van der Waals surface area contributed by atoms with Crippen LogP contribution < -0.4 is 5.32 Å². The van der Waals surface area contributed by atoms with Crippen LogP contribution in [-0.2, 0) is 9.53 Å². The second kappa shape index (κ2) is 8.90. The van der Waals surface area contributed by atoms with Crippen molar-refractivity contribution >= 4 is 23.3 Å². The summed E-state index contributed by atoms with van der Waals surface area (Å²) in [6.07, 6.45) is -1.01. The Kier molecular flexibility index (Phi) is 6.59. The molecule has 0 spiro atoms. The van der Waals surface area contributed by atoms with Gasteiger partial charge in [-0.1, -0.05) is 23.8 Å². The number of amides is 1. The van der Waals surface area contributed by atoms with Crippen molar-refractivity contribution in [2.24, 2.45) is 0 Å². The van der Waals surface area contributed by atoms with Crippen molar-refractivity contribution in [2.75, 3.05) is 6.54 Å². The molecule has 0 aliphatic rings. The number of carbonyl (C=O) groups excluding carboxylic acids is 3. The Bertz CT molecular complexity index is 938. The molecular formula is C20H20N2O6. The number of nitrogens with one attached hydrogen (secondary N) is 1. The van der Waals surface area contributed by atoms with Gasteiger partial charge in [-0.05, 0) is 38.5 Å². The van der Waals surface area contributed by atoms with E-state index in [2.05, 4.69) is 5.32 Å². The summed E-state index contributed by atoms with van der Waals surface area (Å²) in [6.45, 7) is 4.65. The van der Waals surface area contributed by atoms with Crippen molar-refractivity contribution in [2.45, 2.75) is 26.9 Å². The Morgan fingerprint density at radius 1 is 1.14 bits per heavy atom. The number of carbonyl (C=O) groups is 3. The highest BCUT2D eigenvalue weighted by molar-refractivity contribution is 6.02. The minimum absolute atomic E-state index is 0.0431. The van der Waals surface area contributed by atoms with Crippen molar-refractivity contribution in [3.8, 4) is 0 Å². The Balaban J connectivity index is 1.93. The number of aryl methyl sites for hydroxylation is 2. The lowest BCUT2D eigenvalue weighted by molar-refractivity contribution is -0.384. The molecule has 0 heterocycles. The van der Waals surface area contributed by atoms with Gasteiger partial charge in [0.1, 0.15) is 6.54 Å². The molecule has 1 amide bonds. The molecular weight excluding hydrogens is 364 g/mol. The van der Waals surface area contributed by atoms with Gasteiger partial charge in [0.25, 0.3) is 11.6 Å². The first kappa shape index (κ1) is 20.8. The van der Waals surface area contributed by atoms with Gasteiger partial charge < -0.3 is 10.1 Å². The van der Waals surface area contributed by atoms with Crippen LogP contribution in [0.3, 0.4) is 0 Å². The van der Waals surface area contributed by atoms with Crippen molar-refractivity contribution in [3.63, 3.8) is 0 Å². The molecule has 8 heteroatoms. The topological polar surface area (TPSA) is 116 Å². The van der Waals surface area contributed by atoms with Crippen LogP contribution in [0.1, 0.15) is 38.8 Å². The molecule has 0 radical (unpaired) electrons. The normalized spacial score (nSPS) is 11.4. The third-order valence-electron chi connectivity index (χ3n) is 4.05. The van der Waals surface area contributed by atoms with Gasteiger partial charge >= 0.3 is 5.97 Å². The van der Waals surface area contributed by atoms with Crippen LogP contribution in [0, 0.1) is 24.0 Å². The van der Waals surface area contributed by atoms with Gasteiger partial charge in [0.2, 0.25) is 5.78 Å². The van der Waals surface area contributed by atoms with Crippen molar-refractivity contribution in [1.29, 1.82) is 0 Å². The standard InChI is InChI=1S/C20H20N2O6/c1-12-7-8-13(2)17(9-12)19(24)14(3)28-18(23)11-21-20(25)15-5-4-6-16(10-15)22(26)27/h4-10,14H,11H2,1-3H3,(H,21,25)/t14-/m0/s1. The zero-order valence-corrected chi connectivity index (χ0v) is 15.7. The molecule has 1 atom stereocenters. The number of ether oxygens (including phenoxy) is 1. The van der Waals surface area contributed by atoms with Crippen molar-refractivity contribution in [3.05, 3.63) is 74.8 Å². The number of nitrogens with zero attached hydrogens (tertiary/aromatic N) is 1. The number of esters is 1. The average molecular weight is 384 g/mol. The summed E-state index contributed by atoms with van der Waals surface area (Å²) < 4.78 is 5.10. The molecule has 0 unspecified atom stereocenters. The summed E-state index contributed by atoms with van der Waals surface area (Å²) in [4.78, 5) is 46.6. The van der Waals surface area contributed by atoms with E-state index in [1.54, 1.807) is 13.0 Å². The van der Waals surface area contributed by atoms with E-state index in [4.69, 9.17) is 4.74 Å². The van der Waals surface area contributed by atoms with E-state index < -0.39 is 29.4 Å². The first-order chi connectivity index (χ1) is 13.2. The third kappa shape index (κ3) is 5.23. The van der Waals surface area contributed by atoms with Gasteiger partial charge in [0.15, 0.2) is 6.10 Å². The zero-order valence-electron chi connectivity index (χ0n) is 15.7. The lowest BCUT2D eigenvalue weighted by atomic mass is 9.99. The van der Waals surface area contributed by atoms with Crippen LogP contribution >= 0.6 is 0 Å². The fourth-order valence-corrected chi connectivity index (χ4v) is 2.53. The smallest absolute Gasteiger partial charge is 0.326 e. The quantitative estimate of drug-likeness (QED) is 0.340. The molecule has 0 saturated carbocycles. The van der Waals surface area contributed by atoms with E-state index >= 15 is 0 Å². The molecule has 0 aliphatic heterocycles. The number of hydrogen-bond donors (Lipinski definition) is 1. The first-order valence-electron chi connectivity index (χ1n) is 8.52. The fourth-order valence-electron chi connectivity index (χ4n) is 2.53. The number of nitro groups is 1. The fraction of sp³-hybridized carbons (Fsp3) is 0.250. The Labute approximate surface area is 161 Å². The second-order valence-electron chi connectivity index (χ2n) is 6.30. The van der Waals surface area contributed by atoms with Crippen LogP contribution in [0.25, 0.3) is 0 Å². The molecule has 0 fully saturated rings. The number of benzene rings is 2. The molecule has 2 aromatic carbocycles. The van der Waals surface area contributed by atoms with Gasteiger partial charge in [-0.2, -0.15) is 0 Å².